The van der Waals surface area contributed by atoms with Crippen LogP contribution in [0.3, 0.4) is 0 Å². The van der Waals surface area contributed by atoms with Crippen molar-refractivity contribution in [1.82, 2.24) is 10.3 Å². The number of nitrogens with zero attached hydrogens (tertiary/aromatic N) is 2. The number of aliphatic hydroxyl groups is 1. The average Bonchev–Trinajstić information content (AvgIpc) is 2.76. The maximum absolute atomic E-state index is 13.9. The number of hydrogen-bond acceptors (Lipinski definition) is 4. The molecule has 4 nitrogen and oxygen atoms in total. The Morgan fingerprint density at radius 2 is 1.84 bits per heavy atom. The summed E-state index contributed by atoms with van der Waals surface area (Å²) >= 11 is 0. The van der Waals surface area contributed by atoms with Crippen LogP contribution in [0.1, 0.15) is 56.9 Å². The van der Waals surface area contributed by atoms with Gasteiger partial charge in [-0.05, 0) is 93.2 Å². The average molecular weight is 424 g/mol. The van der Waals surface area contributed by atoms with Crippen LogP contribution in [0.5, 0.6) is 0 Å². The summed E-state index contributed by atoms with van der Waals surface area (Å²) in [6.07, 6.45) is 10.5. The molecule has 0 radical (unpaired) electrons. The molecular formula is C26H34FN3O. The van der Waals surface area contributed by atoms with Gasteiger partial charge in [0.15, 0.2) is 0 Å². The first kappa shape index (κ1) is 19.9. The highest BCUT2D eigenvalue weighted by Gasteiger charge is 2.50. The van der Waals surface area contributed by atoms with Gasteiger partial charge in [-0.2, -0.15) is 0 Å². The van der Waals surface area contributed by atoms with E-state index in [0.717, 1.165) is 67.0 Å². The van der Waals surface area contributed by atoms with E-state index < -0.39 is 0 Å². The van der Waals surface area contributed by atoms with Crippen molar-refractivity contribution < 1.29 is 9.50 Å². The predicted octanol–water partition coefficient (Wildman–Crippen LogP) is 4.64. The Morgan fingerprint density at radius 1 is 1.10 bits per heavy atom. The van der Waals surface area contributed by atoms with E-state index in [4.69, 9.17) is 4.98 Å². The number of rotatable bonds is 5. The van der Waals surface area contributed by atoms with Crippen molar-refractivity contribution >= 4 is 16.7 Å². The molecule has 1 saturated heterocycles. The van der Waals surface area contributed by atoms with Crippen LogP contribution >= 0.6 is 0 Å². The lowest BCUT2D eigenvalue weighted by atomic mass is 9.53. The number of aliphatic hydroxyl groups excluding tert-OH is 1. The molecule has 4 aliphatic carbocycles. The van der Waals surface area contributed by atoms with E-state index in [2.05, 4.69) is 16.3 Å². The maximum atomic E-state index is 13.9. The minimum Gasteiger partial charge on any atom is -0.396 e. The van der Waals surface area contributed by atoms with Crippen LogP contribution in [0.15, 0.2) is 24.3 Å². The highest BCUT2D eigenvalue weighted by atomic mass is 19.1. The number of nitrogens with one attached hydrogen (secondary N) is 1. The molecule has 5 fully saturated rings. The van der Waals surface area contributed by atoms with Crippen molar-refractivity contribution in [3.63, 3.8) is 0 Å². The topological polar surface area (TPSA) is 48.4 Å². The van der Waals surface area contributed by atoms with Gasteiger partial charge in [0.05, 0.1) is 5.52 Å². The molecular weight excluding hydrogens is 389 g/mol. The Kier molecular flexibility index (Phi) is 4.95. The third-order valence-electron chi connectivity index (χ3n) is 8.60. The van der Waals surface area contributed by atoms with E-state index in [-0.39, 0.29) is 12.4 Å². The van der Waals surface area contributed by atoms with Crippen molar-refractivity contribution in [2.75, 3.05) is 24.6 Å². The Bertz CT molecular complexity index is 941. The molecule has 1 aromatic carbocycles. The molecule has 0 spiro atoms. The second-order valence-corrected chi connectivity index (χ2v) is 11.0. The number of fused-ring (bicyclic) bond motifs is 1. The molecule has 4 bridgehead atoms. The molecule has 31 heavy (non-hydrogen) atoms. The molecule has 2 aromatic rings. The summed E-state index contributed by atoms with van der Waals surface area (Å²) in [6.45, 7) is 2.82. The van der Waals surface area contributed by atoms with Crippen LogP contribution in [-0.2, 0) is 6.54 Å². The van der Waals surface area contributed by atoms with E-state index in [1.54, 1.807) is 6.07 Å². The van der Waals surface area contributed by atoms with Gasteiger partial charge in [0.25, 0.3) is 0 Å². The van der Waals surface area contributed by atoms with Crippen LogP contribution in [0.2, 0.25) is 0 Å². The van der Waals surface area contributed by atoms with Crippen LogP contribution in [-0.4, -0.2) is 35.3 Å². The number of piperidine rings is 1. The van der Waals surface area contributed by atoms with Crippen molar-refractivity contribution in [3.8, 4) is 0 Å². The Morgan fingerprint density at radius 3 is 2.55 bits per heavy atom. The number of pyridine rings is 1. The quantitative estimate of drug-likeness (QED) is 0.736. The monoisotopic (exact) mass is 423 g/mol. The van der Waals surface area contributed by atoms with Crippen LogP contribution in [0.4, 0.5) is 10.2 Å². The first-order valence-electron chi connectivity index (χ1n) is 12.3. The van der Waals surface area contributed by atoms with Gasteiger partial charge in [-0.1, -0.05) is 0 Å². The van der Waals surface area contributed by atoms with E-state index in [0.29, 0.717) is 11.5 Å². The second kappa shape index (κ2) is 7.70. The van der Waals surface area contributed by atoms with Crippen molar-refractivity contribution in [2.24, 2.45) is 23.7 Å². The van der Waals surface area contributed by atoms with Crippen LogP contribution < -0.4 is 10.2 Å². The highest BCUT2D eigenvalue weighted by Crippen LogP contribution is 2.55. The normalized spacial score (nSPS) is 34.6. The van der Waals surface area contributed by atoms with E-state index in [9.17, 15) is 9.50 Å². The smallest absolute Gasteiger partial charge is 0.133 e. The zero-order chi connectivity index (χ0) is 21.0. The lowest BCUT2D eigenvalue weighted by Crippen LogP contribution is -2.58. The van der Waals surface area contributed by atoms with Gasteiger partial charge in [0.2, 0.25) is 0 Å². The molecule has 1 atom stereocenters. The summed E-state index contributed by atoms with van der Waals surface area (Å²) in [6, 6.07) is 7.14. The minimum absolute atomic E-state index is 0.222. The van der Waals surface area contributed by atoms with E-state index in [1.165, 1.54) is 50.2 Å². The molecule has 5 aliphatic rings. The molecule has 1 aliphatic heterocycles. The lowest BCUT2D eigenvalue weighted by molar-refractivity contribution is -0.0205. The minimum atomic E-state index is -0.239. The summed E-state index contributed by atoms with van der Waals surface area (Å²) in [5.74, 6) is 3.79. The van der Waals surface area contributed by atoms with Gasteiger partial charge in [0.1, 0.15) is 11.6 Å². The molecule has 1 aromatic heterocycles. The largest absolute Gasteiger partial charge is 0.396 e. The number of benzene rings is 1. The van der Waals surface area contributed by atoms with Gasteiger partial charge < -0.3 is 15.3 Å². The SMILES string of the molecule is OCC1CCCN(c2nc3cc(F)ccc3cc2CNC23CC4CC(CC(C4)C2)C3)C1. The zero-order valence-corrected chi connectivity index (χ0v) is 18.3. The van der Waals surface area contributed by atoms with Gasteiger partial charge in [-0.25, -0.2) is 9.37 Å². The first-order chi connectivity index (χ1) is 15.1. The first-order valence-corrected chi connectivity index (χ1v) is 12.3. The fraction of sp³-hybridized carbons (Fsp3) is 0.654. The van der Waals surface area contributed by atoms with E-state index in [1.807, 2.05) is 6.07 Å². The summed E-state index contributed by atoms with van der Waals surface area (Å²) in [4.78, 5) is 7.28. The number of anilines is 1. The Hall–Kier alpha value is -1.72. The van der Waals surface area contributed by atoms with Crippen LogP contribution in [0.25, 0.3) is 10.9 Å². The fourth-order valence-electron chi connectivity index (χ4n) is 7.59. The maximum Gasteiger partial charge on any atom is 0.133 e. The molecule has 2 heterocycles. The molecule has 4 saturated carbocycles. The lowest BCUT2D eigenvalue weighted by Gasteiger charge is -2.57. The van der Waals surface area contributed by atoms with Crippen molar-refractivity contribution in [3.05, 3.63) is 35.6 Å². The second-order valence-electron chi connectivity index (χ2n) is 11.0. The van der Waals surface area contributed by atoms with Gasteiger partial charge in [-0.3, -0.25) is 0 Å². The summed E-state index contributed by atoms with van der Waals surface area (Å²) < 4.78 is 13.9. The van der Waals surface area contributed by atoms with Gasteiger partial charge >= 0.3 is 0 Å². The summed E-state index contributed by atoms with van der Waals surface area (Å²) in [5.41, 5.74) is 2.24. The van der Waals surface area contributed by atoms with Crippen molar-refractivity contribution in [1.29, 1.82) is 0 Å². The fourth-order valence-corrected chi connectivity index (χ4v) is 7.59. The molecule has 166 valence electrons. The predicted molar refractivity (Wildman–Crippen MR) is 121 cm³/mol. The third-order valence-corrected chi connectivity index (χ3v) is 8.60. The molecule has 0 amide bonds. The number of aromatic nitrogens is 1. The molecule has 5 heteroatoms. The standard InChI is InChI=1S/C26H34FN3O/c27-23-4-3-21-9-22(14-28-26-11-18-6-19(12-26)8-20(7-18)13-26)25(29-24(21)10-23)30-5-1-2-17(15-30)16-31/h3-4,9-10,17-20,28,31H,1-2,5-8,11-16H2. The summed E-state index contributed by atoms with van der Waals surface area (Å²) in [7, 11) is 0. The number of halogens is 1. The Balaban J connectivity index is 1.31. The summed E-state index contributed by atoms with van der Waals surface area (Å²) in [5, 5.41) is 14.8. The van der Waals surface area contributed by atoms with Crippen LogP contribution in [0, 0.1) is 29.5 Å². The van der Waals surface area contributed by atoms with Gasteiger partial charge in [-0.15, -0.1) is 0 Å². The Labute approximate surface area is 184 Å². The van der Waals surface area contributed by atoms with Crippen molar-refractivity contribution in [2.45, 2.75) is 63.5 Å². The molecule has 2 N–H and O–H groups in total. The van der Waals surface area contributed by atoms with E-state index >= 15 is 0 Å². The van der Waals surface area contributed by atoms with Gasteiger partial charge in [0, 0.05) is 48.8 Å². The third kappa shape index (κ3) is 3.74. The molecule has 7 rings (SSSR count). The highest BCUT2D eigenvalue weighted by molar-refractivity contribution is 5.82. The number of hydrogen-bond donors (Lipinski definition) is 2. The molecule has 1 unspecified atom stereocenters. The zero-order valence-electron chi connectivity index (χ0n) is 18.3.